The molecule has 23 heavy (non-hydrogen) atoms. The molecule has 3 rings (SSSR count). The lowest BCUT2D eigenvalue weighted by Crippen LogP contribution is -2.40. The van der Waals surface area contributed by atoms with Gasteiger partial charge in [-0.3, -0.25) is 14.5 Å². The van der Waals surface area contributed by atoms with Gasteiger partial charge in [0.05, 0.1) is 12.2 Å². The second-order valence-electron chi connectivity index (χ2n) is 6.31. The van der Waals surface area contributed by atoms with Gasteiger partial charge >= 0.3 is 0 Å². The van der Waals surface area contributed by atoms with Gasteiger partial charge < -0.3 is 4.90 Å². The third-order valence-electron chi connectivity index (χ3n) is 4.40. The Morgan fingerprint density at radius 2 is 2.30 bits per heavy atom. The predicted molar refractivity (Wildman–Crippen MR) is 89.0 cm³/mol. The molecule has 0 aliphatic carbocycles. The molecule has 1 aliphatic heterocycles. The second kappa shape index (κ2) is 7.40. The summed E-state index contributed by atoms with van der Waals surface area (Å²) in [6, 6.07) is 6.24. The SMILES string of the molecule is Cc1cnn([C@@H]2CCCN(C(=O)CCCc3ccccn3)C2)c1. The number of amides is 1. The van der Waals surface area contributed by atoms with Crippen LogP contribution in [0.5, 0.6) is 0 Å². The zero-order valence-electron chi connectivity index (χ0n) is 13.7. The quantitative estimate of drug-likeness (QED) is 0.853. The molecule has 1 aliphatic rings. The van der Waals surface area contributed by atoms with Crippen LogP contribution in [0.25, 0.3) is 0 Å². The third kappa shape index (κ3) is 4.18. The summed E-state index contributed by atoms with van der Waals surface area (Å²) in [5.41, 5.74) is 2.23. The van der Waals surface area contributed by atoms with E-state index in [2.05, 4.69) is 16.3 Å². The highest BCUT2D eigenvalue weighted by molar-refractivity contribution is 5.76. The van der Waals surface area contributed by atoms with Crippen molar-refractivity contribution in [2.75, 3.05) is 13.1 Å². The summed E-state index contributed by atoms with van der Waals surface area (Å²) in [5, 5.41) is 4.41. The number of aromatic nitrogens is 3. The summed E-state index contributed by atoms with van der Waals surface area (Å²) in [7, 11) is 0. The molecular weight excluding hydrogens is 288 g/mol. The molecule has 122 valence electrons. The maximum absolute atomic E-state index is 12.4. The Morgan fingerprint density at radius 3 is 3.04 bits per heavy atom. The van der Waals surface area contributed by atoms with Gasteiger partial charge in [0.1, 0.15) is 0 Å². The molecule has 0 N–H and O–H groups in total. The highest BCUT2D eigenvalue weighted by Gasteiger charge is 2.24. The summed E-state index contributed by atoms with van der Waals surface area (Å²) in [6.07, 6.45) is 10.2. The normalized spacial score (nSPS) is 18.1. The van der Waals surface area contributed by atoms with E-state index in [0.717, 1.165) is 44.5 Å². The molecule has 0 bridgehead atoms. The van der Waals surface area contributed by atoms with E-state index in [4.69, 9.17) is 0 Å². The summed E-state index contributed by atoms with van der Waals surface area (Å²) in [6.45, 7) is 3.70. The molecule has 1 amide bonds. The van der Waals surface area contributed by atoms with Gasteiger partial charge in [0, 0.05) is 37.6 Å². The van der Waals surface area contributed by atoms with Crippen molar-refractivity contribution in [2.45, 2.75) is 45.1 Å². The monoisotopic (exact) mass is 312 g/mol. The molecule has 0 spiro atoms. The number of carbonyl (C=O) groups is 1. The van der Waals surface area contributed by atoms with Crippen LogP contribution in [0, 0.1) is 6.92 Å². The lowest BCUT2D eigenvalue weighted by atomic mass is 10.0. The Labute approximate surface area is 137 Å². The number of carbonyl (C=O) groups excluding carboxylic acids is 1. The van der Waals surface area contributed by atoms with Crippen molar-refractivity contribution in [3.05, 3.63) is 48.0 Å². The van der Waals surface area contributed by atoms with Crippen molar-refractivity contribution in [3.63, 3.8) is 0 Å². The van der Waals surface area contributed by atoms with E-state index in [0.29, 0.717) is 12.5 Å². The fraction of sp³-hybridized carbons (Fsp3) is 0.500. The van der Waals surface area contributed by atoms with Gasteiger partial charge in [0.15, 0.2) is 0 Å². The first-order valence-electron chi connectivity index (χ1n) is 8.41. The van der Waals surface area contributed by atoms with Gasteiger partial charge in [-0.1, -0.05) is 6.07 Å². The second-order valence-corrected chi connectivity index (χ2v) is 6.31. The first-order valence-corrected chi connectivity index (χ1v) is 8.41. The molecule has 1 fully saturated rings. The Bertz CT molecular complexity index is 637. The standard InChI is InChI=1S/C18H24N4O/c1-15-12-20-22(13-15)17-8-5-11-21(14-17)18(23)9-4-7-16-6-2-3-10-19-16/h2-3,6,10,12-13,17H,4-5,7-9,11,14H2,1H3/t17-/m1/s1. The van der Waals surface area contributed by atoms with E-state index >= 15 is 0 Å². The van der Waals surface area contributed by atoms with Crippen LogP contribution in [0.1, 0.15) is 43.0 Å². The Balaban J connectivity index is 1.49. The number of likely N-dealkylation sites (tertiary alicyclic amines) is 1. The number of piperidine rings is 1. The van der Waals surface area contributed by atoms with E-state index in [1.165, 1.54) is 5.56 Å². The molecule has 2 aromatic rings. The Kier molecular flexibility index (Phi) is 5.05. The molecular formula is C18H24N4O. The number of pyridine rings is 1. The van der Waals surface area contributed by atoms with Gasteiger partial charge in [0.2, 0.25) is 5.91 Å². The summed E-state index contributed by atoms with van der Waals surface area (Å²) in [5.74, 6) is 0.259. The highest BCUT2D eigenvalue weighted by atomic mass is 16.2. The highest BCUT2D eigenvalue weighted by Crippen LogP contribution is 2.22. The van der Waals surface area contributed by atoms with Gasteiger partial charge in [-0.05, 0) is 50.3 Å². The zero-order chi connectivity index (χ0) is 16.1. The van der Waals surface area contributed by atoms with Crippen LogP contribution in [0.15, 0.2) is 36.8 Å². The van der Waals surface area contributed by atoms with Gasteiger partial charge in [0.25, 0.3) is 0 Å². The number of hydrogen-bond donors (Lipinski definition) is 0. The van der Waals surface area contributed by atoms with E-state index in [1.54, 1.807) is 6.20 Å². The van der Waals surface area contributed by atoms with Gasteiger partial charge in [-0.15, -0.1) is 0 Å². The fourth-order valence-corrected chi connectivity index (χ4v) is 3.15. The van der Waals surface area contributed by atoms with Gasteiger partial charge in [-0.2, -0.15) is 5.10 Å². The molecule has 1 saturated heterocycles. The van der Waals surface area contributed by atoms with E-state index in [1.807, 2.05) is 40.9 Å². The molecule has 0 radical (unpaired) electrons. The van der Waals surface area contributed by atoms with E-state index in [9.17, 15) is 4.79 Å². The van der Waals surface area contributed by atoms with Crippen molar-refractivity contribution >= 4 is 5.91 Å². The van der Waals surface area contributed by atoms with Crippen molar-refractivity contribution in [1.29, 1.82) is 0 Å². The van der Waals surface area contributed by atoms with Crippen LogP contribution >= 0.6 is 0 Å². The predicted octanol–water partition coefficient (Wildman–Crippen LogP) is 2.77. The van der Waals surface area contributed by atoms with Gasteiger partial charge in [-0.25, -0.2) is 0 Å². The minimum absolute atomic E-state index is 0.259. The molecule has 0 saturated carbocycles. The van der Waals surface area contributed by atoms with Crippen molar-refractivity contribution in [1.82, 2.24) is 19.7 Å². The summed E-state index contributed by atoms with van der Waals surface area (Å²) < 4.78 is 2.02. The average molecular weight is 312 g/mol. The van der Waals surface area contributed by atoms with Crippen LogP contribution in [-0.2, 0) is 11.2 Å². The average Bonchev–Trinajstić information content (AvgIpc) is 3.02. The molecule has 3 heterocycles. The first-order chi connectivity index (χ1) is 11.2. The first kappa shape index (κ1) is 15.7. The molecule has 0 unspecified atom stereocenters. The number of nitrogens with zero attached hydrogens (tertiary/aromatic N) is 4. The number of aryl methyl sites for hydroxylation is 2. The number of hydrogen-bond acceptors (Lipinski definition) is 3. The third-order valence-corrected chi connectivity index (χ3v) is 4.40. The Hall–Kier alpha value is -2.17. The maximum Gasteiger partial charge on any atom is 0.222 e. The van der Waals surface area contributed by atoms with Crippen molar-refractivity contribution in [3.8, 4) is 0 Å². The zero-order valence-corrected chi connectivity index (χ0v) is 13.7. The van der Waals surface area contributed by atoms with E-state index < -0.39 is 0 Å². The van der Waals surface area contributed by atoms with Crippen LogP contribution in [0.3, 0.4) is 0 Å². The minimum Gasteiger partial charge on any atom is -0.341 e. The fourth-order valence-electron chi connectivity index (χ4n) is 3.15. The molecule has 0 aromatic carbocycles. The van der Waals surface area contributed by atoms with Crippen LogP contribution < -0.4 is 0 Å². The lowest BCUT2D eigenvalue weighted by molar-refractivity contribution is -0.133. The van der Waals surface area contributed by atoms with Crippen LogP contribution in [0.2, 0.25) is 0 Å². The smallest absolute Gasteiger partial charge is 0.222 e. The Morgan fingerprint density at radius 1 is 1.39 bits per heavy atom. The molecule has 2 aromatic heterocycles. The van der Waals surface area contributed by atoms with E-state index in [-0.39, 0.29) is 5.91 Å². The lowest BCUT2D eigenvalue weighted by Gasteiger charge is -2.33. The molecule has 5 nitrogen and oxygen atoms in total. The summed E-state index contributed by atoms with van der Waals surface area (Å²) >= 11 is 0. The largest absolute Gasteiger partial charge is 0.341 e. The molecule has 5 heteroatoms. The minimum atomic E-state index is 0.259. The van der Waals surface area contributed by atoms with Crippen LogP contribution in [0.4, 0.5) is 0 Å². The summed E-state index contributed by atoms with van der Waals surface area (Å²) in [4.78, 5) is 18.8. The van der Waals surface area contributed by atoms with Crippen LogP contribution in [-0.4, -0.2) is 38.7 Å². The molecule has 1 atom stereocenters. The topological polar surface area (TPSA) is 51.0 Å². The maximum atomic E-state index is 12.4. The van der Waals surface area contributed by atoms with Crippen molar-refractivity contribution < 1.29 is 4.79 Å². The number of rotatable bonds is 5. The van der Waals surface area contributed by atoms with Crippen molar-refractivity contribution in [2.24, 2.45) is 0 Å².